The van der Waals surface area contributed by atoms with E-state index in [-0.39, 0.29) is 29.6 Å². The lowest BCUT2D eigenvalue weighted by Gasteiger charge is -2.12. The molecule has 0 radical (unpaired) electrons. The van der Waals surface area contributed by atoms with Gasteiger partial charge in [0.15, 0.2) is 21.1 Å². The Bertz CT molecular complexity index is 1000. The minimum absolute atomic E-state index is 0.0353. The quantitative estimate of drug-likeness (QED) is 0.224. The maximum absolute atomic E-state index is 14.4. The normalized spacial score (nSPS) is 12.9. The summed E-state index contributed by atoms with van der Waals surface area (Å²) < 4.78 is 37.3. The van der Waals surface area contributed by atoms with Crippen molar-refractivity contribution in [2.45, 2.75) is 11.1 Å². The lowest BCUT2D eigenvalue weighted by molar-refractivity contribution is 0.196. The molecule has 0 spiro atoms. The standard InChI is InChI=1S/C17H19FN6O3S/c1-28(26,27)16-5-2-11(7-22-16)14-4-3-12(6-15(14)18)21-8-13(25)9-23-17(20)24-10-19/h2-7,13,21,25H,8-9H2,1H3,(H3,20,23,24)/t13-/m1/s1. The fourth-order valence-corrected chi connectivity index (χ4v) is 2.78. The number of sulfone groups is 1. The van der Waals surface area contributed by atoms with Gasteiger partial charge in [-0.05, 0) is 30.3 Å². The Morgan fingerprint density at radius 3 is 2.75 bits per heavy atom. The van der Waals surface area contributed by atoms with Crippen LogP contribution >= 0.6 is 0 Å². The van der Waals surface area contributed by atoms with Crippen LogP contribution in [-0.2, 0) is 9.84 Å². The maximum Gasteiger partial charge on any atom is 0.202 e. The molecule has 0 saturated heterocycles. The zero-order valence-electron chi connectivity index (χ0n) is 14.9. The van der Waals surface area contributed by atoms with E-state index in [2.05, 4.69) is 20.6 Å². The number of halogens is 1. The average Bonchev–Trinajstić information content (AvgIpc) is 2.64. The Balaban J connectivity index is 2.02. The van der Waals surface area contributed by atoms with Gasteiger partial charge in [0.2, 0.25) is 5.96 Å². The molecule has 1 heterocycles. The van der Waals surface area contributed by atoms with Crippen LogP contribution in [0, 0.1) is 17.3 Å². The van der Waals surface area contributed by atoms with Crippen LogP contribution in [0.3, 0.4) is 0 Å². The fraction of sp³-hybridized carbons (Fsp3) is 0.235. The number of benzene rings is 1. The molecular weight excluding hydrogens is 387 g/mol. The van der Waals surface area contributed by atoms with Gasteiger partial charge < -0.3 is 16.2 Å². The third-order valence-corrected chi connectivity index (χ3v) is 4.60. The van der Waals surface area contributed by atoms with Gasteiger partial charge in [0.05, 0.1) is 12.6 Å². The summed E-state index contributed by atoms with van der Waals surface area (Å²) in [6.07, 6.45) is 3.05. The fourth-order valence-electron chi connectivity index (χ4n) is 2.22. The first kappa shape index (κ1) is 21.1. The third-order valence-electron chi connectivity index (χ3n) is 3.59. The molecule has 148 valence electrons. The van der Waals surface area contributed by atoms with Crippen molar-refractivity contribution in [1.29, 1.82) is 5.26 Å². The summed E-state index contributed by atoms with van der Waals surface area (Å²) >= 11 is 0. The Kier molecular flexibility index (Phi) is 6.86. The topological polar surface area (TPSA) is 153 Å². The van der Waals surface area contributed by atoms with E-state index in [1.165, 1.54) is 30.5 Å². The van der Waals surface area contributed by atoms with Gasteiger partial charge in [-0.2, -0.15) is 5.26 Å². The number of hydrogen-bond donors (Lipinski definition) is 4. The van der Waals surface area contributed by atoms with Crippen LogP contribution in [0.2, 0.25) is 0 Å². The molecule has 0 unspecified atom stereocenters. The van der Waals surface area contributed by atoms with Gasteiger partial charge >= 0.3 is 0 Å². The second-order valence-electron chi connectivity index (χ2n) is 5.85. The van der Waals surface area contributed by atoms with E-state index < -0.39 is 21.8 Å². The summed E-state index contributed by atoms with van der Waals surface area (Å²) in [6.45, 7) is 0.0547. The number of aliphatic hydroxyl groups is 1. The van der Waals surface area contributed by atoms with Gasteiger partial charge in [0, 0.05) is 35.8 Å². The molecule has 0 fully saturated rings. The summed E-state index contributed by atoms with van der Waals surface area (Å²) in [6, 6.07) is 7.19. The minimum Gasteiger partial charge on any atom is -0.389 e. The number of aliphatic hydroxyl groups excluding tert-OH is 1. The molecule has 28 heavy (non-hydrogen) atoms. The molecule has 9 nitrogen and oxygen atoms in total. The number of nitrogens with two attached hydrogens (primary N) is 1. The zero-order valence-corrected chi connectivity index (χ0v) is 15.7. The molecule has 2 rings (SSSR count). The number of hydrogen-bond acceptors (Lipinski definition) is 7. The predicted octanol–water partition coefficient (Wildman–Crippen LogP) is 0.449. The number of nitrogens with zero attached hydrogens (tertiary/aromatic N) is 3. The van der Waals surface area contributed by atoms with E-state index in [4.69, 9.17) is 11.0 Å². The lowest BCUT2D eigenvalue weighted by atomic mass is 10.1. The Labute approximate surface area is 161 Å². The molecule has 2 aromatic rings. The van der Waals surface area contributed by atoms with Crippen LogP contribution in [0.4, 0.5) is 10.1 Å². The van der Waals surface area contributed by atoms with Crippen molar-refractivity contribution in [3.8, 4) is 17.3 Å². The number of pyridine rings is 1. The first-order valence-electron chi connectivity index (χ1n) is 8.03. The molecule has 1 aromatic carbocycles. The van der Waals surface area contributed by atoms with Gasteiger partial charge in [-0.3, -0.25) is 5.32 Å². The van der Waals surface area contributed by atoms with E-state index in [0.717, 1.165) is 6.26 Å². The number of nitrogens with one attached hydrogen (secondary N) is 2. The summed E-state index contributed by atoms with van der Waals surface area (Å²) in [5.41, 5.74) is 6.50. The first-order chi connectivity index (χ1) is 13.2. The van der Waals surface area contributed by atoms with Gasteiger partial charge in [-0.1, -0.05) is 0 Å². The summed E-state index contributed by atoms with van der Waals surface area (Å²) in [7, 11) is -3.42. The molecule has 0 saturated carbocycles. The molecule has 1 atom stereocenters. The number of aromatic nitrogens is 1. The number of anilines is 1. The highest BCUT2D eigenvalue weighted by Crippen LogP contribution is 2.25. The third kappa shape index (κ3) is 5.90. The molecule has 1 aromatic heterocycles. The van der Waals surface area contributed by atoms with Crippen molar-refractivity contribution in [1.82, 2.24) is 10.3 Å². The first-order valence-corrected chi connectivity index (χ1v) is 9.93. The highest BCUT2D eigenvalue weighted by molar-refractivity contribution is 7.90. The van der Waals surface area contributed by atoms with Crippen molar-refractivity contribution in [2.75, 3.05) is 24.7 Å². The smallest absolute Gasteiger partial charge is 0.202 e. The van der Waals surface area contributed by atoms with Gasteiger partial charge in [0.25, 0.3) is 0 Å². The molecule has 0 aliphatic carbocycles. The molecule has 11 heteroatoms. The molecule has 0 bridgehead atoms. The summed E-state index contributed by atoms with van der Waals surface area (Å²) in [5, 5.41) is 23.1. The van der Waals surface area contributed by atoms with E-state index in [1.54, 1.807) is 12.3 Å². The zero-order chi connectivity index (χ0) is 20.7. The van der Waals surface area contributed by atoms with E-state index in [9.17, 15) is 17.9 Å². The lowest BCUT2D eigenvalue weighted by Crippen LogP contribution is -2.30. The van der Waals surface area contributed by atoms with Crippen molar-refractivity contribution in [2.24, 2.45) is 10.7 Å². The SMILES string of the molecule is CS(=O)(=O)c1ccc(-c2ccc(NC[C@@H](O)CN=C(N)NC#N)cc2F)cn1. The Morgan fingerprint density at radius 2 is 2.18 bits per heavy atom. The molecule has 5 N–H and O–H groups in total. The molecule has 0 amide bonds. The van der Waals surface area contributed by atoms with Crippen LogP contribution in [0.5, 0.6) is 0 Å². The minimum atomic E-state index is -3.42. The van der Waals surface area contributed by atoms with Crippen molar-refractivity contribution in [3.63, 3.8) is 0 Å². The molecular formula is C17H19FN6O3S. The van der Waals surface area contributed by atoms with E-state index in [0.29, 0.717) is 11.3 Å². The van der Waals surface area contributed by atoms with Gasteiger partial charge in [-0.25, -0.2) is 22.8 Å². The highest BCUT2D eigenvalue weighted by atomic mass is 32.2. The van der Waals surface area contributed by atoms with Crippen molar-refractivity contribution < 1.29 is 17.9 Å². The van der Waals surface area contributed by atoms with Crippen molar-refractivity contribution in [3.05, 3.63) is 42.3 Å². The van der Waals surface area contributed by atoms with E-state index in [1.807, 2.05) is 0 Å². The van der Waals surface area contributed by atoms with Crippen LogP contribution in [-0.4, -0.2) is 49.9 Å². The van der Waals surface area contributed by atoms with Crippen LogP contribution in [0.15, 0.2) is 46.5 Å². The van der Waals surface area contributed by atoms with Gasteiger partial charge in [0.1, 0.15) is 5.82 Å². The number of rotatable bonds is 7. The second kappa shape index (κ2) is 9.12. The van der Waals surface area contributed by atoms with Crippen LogP contribution < -0.4 is 16.4 Å². The Morgan fingerprint density at radius 1 is 1.43 bits per heavy atom. The monoisotopic (exact) mass is 406 g/mol. The molecule has 0 aliphatic heterocycles. The summed E-state index contributed by atoms with van der Waals surface area (Å²) in [5.74, 6) is -0.638. The van der Waals surface area contributed by atoms with Crippen LogP contribution in [0.1, 0.15) is 0 Å². The largest absolute Gasteiger partial charge is 0.389 e. The molecule has 0 aliphatic rings. The van der Waals surface area contributed by atoms with Gasteiger partial charge in [-0.15, -0.1) is 0 Å². The number of aliphatic imine (C=N–C) groups is 1. The van der Waals surface area contributed by atoms with Crippen molar-refractivity contribution >= 4 is 21.5 Å². The Hall–Kier alpha value is -3.23. The summed E-state index contributed by atoms with van der Waals surface area (Å²) in [4.78, 5) is 7.61. The number of guanidine groups is 1. The maximum atomic E-state index is 14.4. The van der Waals surface area contributed by atoms with E-state index >= 15 is 0 Å². The predicted molar refractivity (Wildman–Crippen MR) is 102 cm³/mol. The number of nitriles is 1. The average molecular weight is 406 g/mol. The highest BCUT2D eigenvalue weighted by Gasteiger charge is 2.11. The second-order valence-corrected chi connectivity index (χ2v) is 7.81. The van der Waals surface area contributed by atoms with Crippen LogP contribution in [0.25, 0.3) is 11.1 Å².